The van der Waals surface area contributed by atoms with Crippen LogP contribution in [0.5, 0.6) is 0 Å². The summed E-state index contributed by atoms with van der Waals surface area (Å²) in [6.07, 6.45) is 8.66. The average Bonchev–Trinajstić information content (AvgIpc) is 3.23. The lowest BCUT2D eigenvalue weighted by Crippen LogP contribution is -2.29. The van der Waals surface area contributed by atoms with Crippen LogP contribution >= 0.6 is 0 Å². The van der Waals surface area contributed by atoms with Crippen molar-refractivity contribution in [2.24, 2.45) is 0 Å². The highest BCUT2D eigenvalue weighted by Gasteiger charge is 2.20. The molecule has 0 aliphatic carbocycles. The van der Waals surface area contributed by atoms with Crippen LogP contribution in [-0.2, 0) is 9.84 Å². The van der Waals surface area contributed by atoms with Gasteiger partial charge in [-0.05, 0) is 42.3 Å². The number of fused-ring (bicyclic) bond motifs is 1. The number of pyridine rings is 2. The van der Waals surface area contributed by atoms with Crippen molar-refractivity contribution in [3.63, 3.8) is 0 Å². The first-order valence-electron chi connectivity index (χ1n) is 10.3. The zero-order chi connectivity index (χ0) is 23.6. The number of hydrogen-bond donors (Lipinski definition) is 1. The molecular formula is C23H22FN5O3S. The molecule has 1 aromatic carbocycles. The Hall–Kier alpha value is -3.66. The molecule has 1 N–H and O–H groups in total. The summed E-state index contributed by atoms with van der Waals surface area (Å²) in [6, 6.07) is 8.62. The van der Waals surface area contributed by atoms with Crippen molar-refractivity contribution in [1.82, 2.24) is 25.1 Å². The number of rotatable bonds is 7. The van der Waals surface area contributed by atoms with E-state index in [0.717, 1.165) is 12.7 Å². The van der Waals surface area contributed by atoms with Gasteiger partial charge in [-0.2, -0.15) is 5.10 Å². The number of benzene rings is 1. The highest BCUT2D eigenvalue weighted by atomic mass is 32.2. The Morgan fingerprint density at radius 1 is 1.09 bits per heavy atom. The first-order valence-corrected chi connectivity index (χ1v) is 12.2. The highest BCUT2D eigenvalue weighted by molar-refractivity contribution is 7.90. The predicted octanol–water partition coefficient (Wildman–Crippen LogP) is 3.63. The Bertz CT molecular complexity index is 1400. The van der Waals surface area contributed by atoms with Gasteiger partial charge in [0, 0.05) is 24.0 Å². The van der Waals surface area contributed by atoms with E-state index in [-0.39, 0.29) is 22.8 Å². The zero-order valence-corrected chi connectivity index (χ0v) is 18.9. The third kappa shape index (κ3) is 4.75. The van der Waals surface area contributed by atoms with Crippen molar-refractivity contribution in [3.8, 4) is 5.69 Å². The molecule has 10 heteroatoms. The topological polar surface area (TPSA) is 107 Å². The Balaban J connectivity index is 1.64. The second-order valence-electron chi connectivity index (χ2n) is 7.67. The van der Waals surface area contributed by atoms with Crippen LogP contribution < -0.4 is 5.32 Å². The summed E-state index contributed by atoms with van der Waals surface area (Å²) < 4.78 is 38.2. The largest absolute Gasteiger partial charge is 0.345 e. The number of nitrogens with zero attached hydrogens (tertiary/aromatic N) is 4. The minimum Gasteiger partial charge on any atom is -0.345 e. The molecular weight excluding hydrogens is 445 g/mol. The minimum absolute atomic E-state index is 0.0185. The van der Waals surface area contributed by atoms with Gasteiger partial charge in [0.2, 0.25) is 0 Å². The lowest BCUT2D eigenvalue weighted by atomic mass is 10.0. The van der Waals surface area contributed by atoms with Crippen LogP contribution in [0.25, 0.3) is 16.6 Å². The molecule has 8 nitrogen and oxygen atoms in total. The van der Waals surface area contributed by atoms with E-state index in [1.165, 1.54) is 30.6 Å². The van der Waals surface area contributed by atoms with Crippen LogP contribution in [0.4, 0.5) is 4.39 Å². The molecule has 0 spiro atoms. The van der Waals surface area contributed by atoms with Gasteiger partial charge in [0.1, 0.15) is 5.82 Å². The molecule has 0 unspecified atom stereocenters. The van der Waals surface area contributed by atoms with Crippen LogP contribution in [0.1, 0.15) is 41.7 Å². The molecule has 33 heavy (non-hydrogen) atoms. The third-order valence-corrected chi connectivity index (χ3v) is 6.24. The van der Waals surface area contributed by atoms with Crippen molar-refractivity contribution in [1.29, 1.82) is 0 Å². The fourth-order valence-electron chi connectivity index (χ4n) is 3.57. The standard InChI is InChI=1S/C23H22FN5O3S/c1-3-4-20(15-5-10-22(26-11-15)33(2,31)32)28-23(30)19-12-25-14-21-18(19)13-27-29(21)17-8-6-16(24)7-9-17/h5-14,20H,3-4H2,1-2H3,(H,28,30)/t20-/m0/s1. The number of carbonyl (C=O) groups is 1. The fraction of sp³-hybridized carbons (Fsp3) is 0.217. The minimum atomic E-state index is -3.41. The lowest BCUT2D eigenvalue weighted by molar-refractivity contribution is 0.0935. The normalized spacial score (nSPS) is 12.6. The molecule has 0 bridgehead atoms. The number of amides is 1. The van der Waals surface area contributed by atoms with Crippen LogP contribution in [0.2, 0.25) is 0 Å². The second kappa shape index (κ2) is 9.07. The predicted molar refractivity (Wildman–Crippen MR) is 121 cm³/mol. The summed E-state index contributed by atoms with van der Waals surface area (Å²) in [5, 5.41) is 7.94. The Morgan fingerprint density at radius 2 is 1.85 bits per heavy atom. The summed E-state index contributed by atoms with van der Waals surface area (Å²) in [6.45, 7) is 1.99. The van der Waals surface area contributed by atoms with E-state index >= 15 is 0 Å². The first kappa shape index (κ1) is 22.5. The smallest absolute Gasteiger partial charge is 0.254 e. The van der Waals surface area contributed by atoms with Gasteiger partial charge in [0.15, 0.2) is 14.9 Å². The van der Waals surface area contributed by atoms with E-state index in [1.807, 2.05) is 6.92 Å². The lowest BCUT2D eigenvalue weighted by Gasteiger charge is -2.19. The summed E-state index contributed by atoms with van der Waals surface area (Å²) in [4.78, 5) is 21.4. The highest BCUT2D eigenvalue weighted by Crippen LogP contribution is 2.24. The number of sulfone groups is 1. The number of hydrogen-bond acceptors (Lipinski definition) is 6. The van der Waals surface area contributed by atoms with Gasteiger partial charge in [0.05, 0.1) is 35.2 Å². The SMILES string of the molecule is CCC[C@H](NC(=O)c1cncc2c1cnn2-c1ccc(F)cc1)c1ccc(S(C)(=O)=O)nc1. The van der Waals surface area contributed by atoms with E-state index in [9.17, 15) is 17.6 Å². The Labute approximate surface area is 190 Å². The maximum atomic E-state index is 13.3. The Morgan fingerprint density at radius 3 is 2.48 bits per heavy atom. The van der Waals surface area contributed by atoms with Crippen molar-refractivity contribution < 1.29 is 17.6 Å². The molecule has 0 saturated heterocycles. The summed E-state index contributed by atoms with van der Waals surface area (Å²) in [5.41, 5.74) is 2.31. The maximum absolute atomic E-state index is 13.3. The van der Waals surface area contributed by atoms with E-state index < -0.39 is 9.84 Å². The molecule has 0 saturated carbocycles. The van der Waals surface area contributed by atoms with Crippen LogP contribution in [-0.4, -0.2) is 40.3 Å². The molecule has 0 fully saturated rings. The van der Waals surface area contributed by atoms with Crippen molar-refractivity contribution in [2.75, 3.05) is 6.26 Å². The quantitative estimate of drug-likeness (QED) is 0.445. The van der Waals surface area contributed by atoms with Crippen molar-refractivity contribution in [3.05, 3.63) is 78.1 Å². The molecule has 170 valence electrons. The zero-order valence-electron chi connectivity index (χ0n) is 18.1. The molecule has 0 radical (unpaired) electrons. The second-order valence-corrected chi connectivity index (χ2v) is 9.63. The van der Waals surface area contributed by atoms with E-state index in [2.05, 4.69) is 20.4 Å². The maximum Gasteiger partial charge on any atom is 0.254 e. The summed E-state index contributed by atoms with van der Waals surface area (Å²) >= 11 is 0. The fourth-order valence-corrected chi connectivity index (χ4v) is 4.13. The Kier molecular flexibility index (Phi) is 6.19. The van der Waals surface area contributed by atoms with E-state index in [0.29, 0.717) is 34.1 Å². The third-order valence-electron chi connectivity index (χ3n) is 5.24. The number of aromatic nitrogens is 4. The number of nitrogens with one attached hydrogen (secondary N) is 1. The van der Waals surface area contributed by atoms with Gasteiger partial charge in [0.25, 0.3) is 5.91 Å². The molecule has 3 heterocycles. The van der Waals surface area contributed by atoms with Gasteiger partial charge >= 0.3 is 0 Å². The van der Waals surface area contributed by atoms with Crippen molar-refractivity contribution in [2.45, 2.75) is 30.8 Å². The molecule has 0 aliphatic rings. The summed E-state index contributed by atoms with van der Waals surface area (Å²) in [5.74, 6) is -0.688. The van der Waals surface area contributed by atoms with Gasteiger partial charge < -0.3 is 5.32 Å². The molecule has 0 aliphatic heterocycles. The number of halogens is 1. The number of carbonyl (C=O) groups excluding carboxylic acids is 1. The van der Waals surface area contributed by atoms with Gasteiger partial charge in [-0.1, -0.05) is 19.4 Å². The molecule has 4 rings (SSSR count). The van der Waals surface area contributed by atoms with Gasteiger partial charge in [-0.15, -0.1) is 0 Å². The monoisotopic (exact) mass is 467 g/mol. The first-order chi connectivity index (χ1) is 15.8. The van der Waals surface area contributed by atoms with Gasteiger partial charge in [-0.3, -0.25) is 9.78 Å². The van der Waals surface area contributed by atoms with Crippen molar-refractivity contribution >= 4 is 26.6 Å². The average molecular weight is 468 g/mol. The van der Waals surface area contributed by atoms with Crippen LogP contribution in [0, 0.1) is 5.82 Å². The van der Waals surface area contributed by atoms with Crippen LogP contribution in [0.3, 0.4) is 0 Å². The van der Waals surface area contributed by atoms with Crippen LogP contribution in [0.15, 0.2) is 66.2 Å². The summed E-state index contributed by atoms with van der Waals surface area (Å²) in [7, 11) is -3.41. The molecule has 3 aromatic heterocycles. The van der Waals surface area contributed by atoms with Gasteiger partial charge in [-0.25, -0.2) is 22.5 Å². The van der Waals surface area contributed by atoms with E-state index in [4.69, 9.17) is 0 Å². The molecule has 1 atom stereocenters. The molecule has 4 aromatic rings. The van der Waals surface area contributed by atoms with E-state index in [1.54, 1.807) is 35.3 Å². The molecule has 1 amide bonds.